The molecule has 102 valence electrons. The fraction of sp³-hybridized carbons (Fsp3) is 0.750. The molecule has 0 aromatic carbocycles. The van der Waals surface area contributed by atoms with Crippen LogP contribution in [-0.4, -0.2) is 59.9 Å². The van der Waals surface area contributed by atoms with Crippen LogP contribution in [0, 0.1) is 0 Å². The van der Waals surface area contributed by atoms with Crippen LogP contribution in [0.3, 0.4) is 0 Å². The van der Waals surface area contributed by atoms with Gasteiger partial charge in [-0.2, -0.15) is 0 Å². The van der Waals surface area contributed by atoms with E-state index in [9.17, 15) is 14.4 Å². The number of hydrogen-bond donors (Lipinski definition) is 0. The molecule has 1 rings (SSSR count). The molecule has 1 fully saturated rings. The van der Waals surface area contributed by atoms with E-state index in [0.717, 1.165) is 0 Å². The summed E-state index contributed by atoms with van der Waals surface area (Å²) >= 11 is 0. The van der Waals surface area contributed by atoms with Crippen molar-refractivity contribution in [1.82, 2.24) is 9.80 Å². The third-order valence-electron chi connectivity index (χ3n) is 2.86. The number of esters is 1. The van der Waals surface area contributed by atoms with E-state index in [2.05, 4.69) is 0 Å². The quantitative estimate of drug-likeness (QED) is 0.513. The molecule has 6 nitrogen and oxygen atoms in total. The van der Waals surface area contributed by atoms with Gasteiger partial charge in [0.25, 0.3) is 0 Å². The summed E-state index contributed by atoms with van der Waals surface area (Å²) < 4.78 is 4.78. The first kappa shape index (κ1) is 14.5. The van der Waals surface area contributed by atoms with Crippen LogP contribution in [0.4, 0.5) is 0 Å². The molecule has 2 amide bonds. The van der Waals surface area contributed by atoms with E-state index < -0.39 is 11.8 Å². The standard InChI is InChI=1S/C12H20N2O4/c1-4-18-10(15)5-6-13-7-8-14(9(2)3)12(17)11(13)16/h9H,4-8H2,1-3H3. The Morgan fingerprint density at radius 2 is 1.94 bits per heavy atom. The Morgan fingerprint density at radius 3 is 2.50 bits per heavy atom. The number of rotatable bonds is 5. The van der Waals surface area contributed by atoms with Gasteiger partial charge in [0.1, 0.15) is 0 Å². The van der Waals surface area contributed by atoms with E-state index in [1.165, 1.54) is 4.90 Å². The largest absolute Gasteiger partial charge is 0.466 e. The highest BCUT2D eigenvalue weighted by Crippen LogP contribution is 2.09. The summed E-state index contributed by atoms with van der Waals surface area (Å²) in [6.45, 7) is 7.04. The number of carbonyl (C=O) groups excluding carboxylic acids is 3. The normalized spacial score (nSPS) is 16.4. The molecule has 0 aromatic heterocycles. The molecule has 1 aliphatic rings. The van der Waals surface area contributed by atoms with Gasteiger partial charge in [-0.05, 0) is 20.8 Å². The van der Waals surface area contributed by atoms with Crippen LogP contribution in [0.2, 0.25) is 0 Å². The van der Waals surface area contributed by atoms with E-state index in [1.807, 2.05) is 13.8 Å². The molecule has 0 bridgehead atoms. The molecule has 0 unspecified atom stereocenters. The van der Waals surface area contributed by atoms with Crippen molar-refractivity contribution in [1.29, 1.82) is 0 Å². The zero-order valence-electron chi connectivity index (χ0n) is 11.1. The summed E-state index contributed by atoms with van der Waals surface area (Å²) in [4.78, 5) is 37.7. The van der Waals surface area contributed by atoms with Gasteiger partial charge < -0.3 is 14.5 Å². The summed E-state index contributed by atoms with van der Waals surface area (Å²) in [7, 11) is 0. The van der Waals surface area contributed by atoms with Gasteiger partial charge in [-0.15, -0.1) is 0 Å². The van der Waals surface area contributed by atoms with Crippen molar-refractivity contribution in [3.05, 3.63) is 0 Å². The van der Waals surface area contributed by atoms with Gasteiger partial charge in [0, 0.05) is 25.7 Å². The Balaban J connectivity index is 2.49. The summed E-state index contributed by atoms with van der Waals surface area (Å²) in [5.74, 6) is -1.36. The Kier molecular flexibility index (Phi) is 5.12. The lowest BCUT2D eigenvalue weighted by atomic mass is 10.2. The van der Waals surface area contributed by atoms with Crippen molar-refractivity contribution in [2.45, 2.75) is 33.2 Å². The lowest BCUT2D eigenvalue weighted by Gasteiger charge is -2.35. The SMILES string of the molecule is CCOC(=O)CCN1CCN(C(C)C)C(=O)C1=O. The Morgan fingerprint density at radius 1 is 1.28 bits per heavy atom. The lowest BCUT2D eigenvalue weighted by molar-refractivity contribution is -0.158. The van der Waals surface area contributed by atoms with Crippen molar-refractivity contribution in [2.75, 3.05) is 26.2 Å². The Bertz CT molecular complexity index is 341. The maximum atomic E-state index is 11.8. The number of carbonyl (C=O) groups is 3. The number of ether oxygens (including phenoxy) is 1. The van der Waals surface area contributed by atoms with Crippen LogP contribution in [-0.2, 0) is 19.1 Å². The molecular formula is C12H20N2O4. The third kappa shape index (κ3) is 3.45. The molecule has 1 saturated heterocycles. The van der Waals surface area contributed by atoms with Gasteiger partial charge >= 0.3 is 17.8 Å². The predicted octanol–water partition coefficient (Wildman–Crippen LogP) is 0.0188. The molecule has 0 radical (unpaired) electrons. The monoisotopic (exact) mass is 256 g/mol. The molecule has 1 heterocycles. The van der Waals surface area contributed by atoms with Crippen LogP contribution in [0.1, 0.15) is 27.2 Å². The van der Waals surface area contributed by atoms with Crippen LogP contribution < -0.4 is 0 Å². The van der Waals surface area contributed by atoms with Gasteiger partial charge in [-0.1, -0.05) is 0 Å². The van der Waals surface area contributed by atoms with E-state index >= 15 is 0 Å². The molecule has 0 aliphatic carbocycles. The smallest absolute Gasteiger partial charge is 0.312 e. The minimum atomic E-state index is -0.528. The van der Waals surface area contributed by atoms with Crippen LogP contribution >= 0.6 is 0 Å². The topological polar surface area (TPSA) is 66.9 Å². The first-order valence-electron chi connectivity index (χ1n) is 6.22. The van der Waals surface area contributed by atoms with E-state index in [-0.39, 0.29) is 25.0 Å². The second-order valence-corrected chi connectivity index (χ2v) is 4.44. The molecule has 0 saturated carbocycles. The van der Waals surface area contributed by atoms with Gasteiger partial charge in [0.2, 0.25) is 0 Å². The third-order valence-corrected chi connectivity index (χ3v) is 2.86. The van der Waals surface area contributed by atoms with Crippen molar-refractivity contribution >= 4 is 17.8 Å². The Hall–Kier alpha value is -1.59. The highest BCUT2D eigenvalue weighted by Gasteiger charge is 2.33. The van der Waals surface area contributed by atoms with Gasteiger partial charge in [-0.3, -0.25) is 14.4 Å². The van der Waals surface area contributed by atoms with Crippen molar-refractivity contribution in [2.24, 2.45) is 0 Å². The van der Waals surface area contributed by atoms with Gasteiger partial charge in [-0.25, -0.2) is 0 Å². The molecule has 18 heavy (non-hydrogen) atoms. The maximum absolute atomic E-state index is 11.8. The van der Waals surface area contributed by atoms with Crippen LogP contribution in [0.25, 0.3) is 0 Å². The van der Waals surface area contributed by atoms with E-state index in [4.69, 9.17) is 4.74 Å². The molecule has 0 aromatic rings. The van der Waals surface area contributed by atoms with Crippen LogP contribution in [0.5, 0.6) is 0 Å². The predicted molar refractivity (Wildman–Crippen MR) is 64.7 cm³/mol. The summed E-state index contributed by atoms with van der Waals surface area (Å²) in [5.41, 5.74) is 0. The number of amides is 2. The molecule has 0 N–H and O–H groups in total. The Labute approximate surface area is 107 Å². The first-order valence-corrected chi connectivity index (χ1v) is 6.22. The molecule has 6 heteroatoms. The minimum absolute atomic E-state index is 0.0219. The zero-order chi connectivity index (χ0) is 13.7. The van der Waals surface area contributed by atoms with Crippen molar-refractivity contribution < 1.29 is 19.1 Å². The molecular weight excluding hydrogens is 236 g/mol. The fourth-order valence-corrected chi connectivity index (χ4v) is 1.86. The lowest BCUT2D eigenvalue weighted by Crippen LogP contribution is -2.56. The average molecular weight is 256 g/mol. The second kappa shape index (κ2) is 6.37. The average Bonchev–Trinajstić information content (AvgIpc) is 2.31. The minimum Gasteiger partial charge on any atom is -0.466 e. The zero-order valence-corrected chi connectivity index (χ0v) is 11.1. The maximum Gasteiger partial charge on any atom is 0.312 e. The van der Waals surface area contributed by atoms with Gasteiger partial charge in [0.15, 0.2) is 0 Å². The molecule has 0 atom stereocenters. The second-order valence-electron chi connectivity index (χ2n) is 4.44. The first-order chi connectivity index (χ1) is 8.47. The molecule has 0 spiro atoms. The number of hydrogen-bond acceptors (Lipinski definition) is 4. The fourth-order valence-electron chi connectivity index (χ4n) is 1.86. The van der Waals surface area contributed by atoms with Crippen LogP contribution in [0.15, 0.2) is 0 Å². The van der Waals surface area contributed by atoms with Crippen molar-refractivity contribution in [3.8, 4) is 0 Å². The van der Waals surface area contributed by atoms with E-state index in [0.29, 0.717) is 19.7 Å². The summed E-state index contributed by atoms with van der Waals surface area (Å²) in [6, 6.07) is 0.0219. The van der Waals surface area contributed by atoms with Crippen molar-refractivity contribution in [3.63, 3.8) is 0 Å². The van der Waals surface area contributed by atoms with Gasteiger partial charge in [0.05, 0.1) is 13.0 Å². The van der Waals surface area contributed by atoms with E-state index in [1.54, 1.807) is 11.8 Å². The summed E-state index contributed by atoms with van der Waals surface area (Å²) in [6.07, 6.45) is 0.133. The number of nitrogens with zero attached hydrogens (tertiary/aromatic N) is 2. The highest BCUT2D eigenvalue weighted by molar-refractivity contribution is 6.35. The number of piperazine rings is 1. The summed E-state index contributed by atoms with van der Waals surface area (Å²) in [5, 5.41) is 0. The molecule has 1 aliphatic heterocycles. The highest BCUT2D eigenvalue weighted by atomic mass is 16.5.